The van der Waals surface area contributed by atoms with Gasteiger partial charge < -0.3 is 9.84 Å². The molecule has 106 valence electrons. The summed E-state index contributed by atoms with van der Waals surface area (Å²) in [6, 6.07) is 8.26. The van der Waals surface area contributed by atoms with E-state index >= 15 is 0 Å². The zero-order valence-electron chi connectivity index (χ0n) is 12.4. The minimum Gasteiger partial charge on any atom is -0.491 e. The van der Waals surface area contributed by atoms with Crippen molar-refractivity contribution in [3.63, 3.8) is 0 Å². The van der Waals surface area contributed by atoms with E-state index in [1.807, 2.05) is 26.0 Å². The van der Waals surface area contributed by atoms with Crippen LogP contribution < -0.4 is 4.74 Å². The van der Waals surface area contributed by atoms with Crippen LogP contribution in [0.15, 0.2) is 24.3 Å². The Hall–Kier alpha value is -1.06. The molecule has 0 aliphatic carbocycles. The topological polar surface area (TPSA) is 32.7 Å². The van der Waals surface area contributed by atoms with E-state index < -0.39 is 0 Å². The standard InChI is InChI=1S/C16H25NO2/c1-12(2)19-15-7-5-13(6-8-15)10-17-11-14(18)9-16(17,3)4/h5-8,12,14,18H,9-11H2,1-4H3. The largest absolute Gasteiger partial charge is 0.491 e. The van der Waals surface area contributed by atoms with Crippen molar-refractivity contribution < 1.29 is 9.84 Å². The molecule has 1 aromatic rings. The van der Waals surface area contributed by atoms with Gasteiger partial charge in [-0.2, -0.15) is 0 Å². The van der Waals surface area contributed by atoms with Crippen LogP contribution in [0.4, 0.5) is 0 Å². The second-order valence-corrected chi connectivity index (χ2v) is 6.36. The zero-order chi connectivity index (χ0) is 14.0. The van der Waals surface area contributed by atoms with E-state index in [0.717, 1.165) is 25.3 Å². The van der Waals surface area contributed by atoms with Gasteiger partial charge in [0.2, 0.25) is 0 Å². The molecule has 1 unspecified atom stereocenters. The smallest absolute Gasteiger partial charge is 0.119 e. The molecule has 0 bridgehead atoms. The molecule has 1 aliphatic heterocycles. The van der Waals surface area contributed by atoms with Gasteiger partial charge in [-0.05, 0) is 51.8 Å². The monoisotopic (exact) mass is 263 g/mol. The molecule has 0 spiro atoms. The van der Waals surface area contributed by atoms with Crippen LogP contribution in [0.2, 0.25) is 0 Å². The highest BCUT2D eigenvalue weighted by molar-refractivity contribution is 5.27. The lowest BCUT2D eigenvalue weighted by Crippen LogP contribution is -2.37. The minimum absolute atomic E-state index is 0.0759. The highest BCUT2D eigenvalue weighted by atomic mass is 16.5. The first-order valence-corrected chi connectivity index (χ1v) is 7.05. The third kappa shape index (κ3) is 3.71. The van der Waals surface area contributed by atoms with Crippen molar-refractivity contribution in [1.29, 1.82) is 0 Å². The summed E-state index contributed by atoms with van der Waals surface area (Å²) in [6.45, 7) is 10.1. The van der Waals surface area contributed by atoms with Gasteiger partial charge in [-0.15, -0.1) is 0 Å². The van der Waals surface area contributed by atoms with Crippen molar-refractivity contribution in [1.82, 2.24) is 4.90 Å². The number of β-amino-alcohol motifs (C(OH)–C–C–N with tert-alkyl or cyclic N) is 1. The average Bonchev–Trinajstić information content (AvgIpc) is 2.54. The van der Waals surface area contributed by atoms with Crippen LogP contribution >= 0.6 is 0 Å². The molecule has 0 radical (unpaired) electrons. The van der Waals surface area contributed by atoms with E-state index in [-0.39, 0.29) is 17.7 Å². The van der Waals surface area contributed by atoms with Crippen LogP contribution in [0, 0.1) is 0 Å². The molecule has 1 aliphatic rings. The Kier molecular flexibility index (Phi) is 4.16. The summed E-state index contributed by atoms with van der Waals surface area (Å²) in [5.41, 5.74) is 1.34. The van der Waals surface area contributed by atoms with Crippen LogP contribution in [0.3, 0.4) is 0 Å². The van der Waals surface area contributed by atoms with Crippen molar-refractivity contribution in [3.05, 3.63) is 29.8 Å². The third-order valence-electron chi connectivity index (χ3n) is 3.69. The molecule has 1 fully saturated rings. The van der Waals surface area contributed by atoms with E-state index in [2.05, 4.69) is 30.9 Å². The lowest BCUT2D eigenvalue weighted by atomic mass is 10.0. The molecule has 1 atom stereocenters. The van der Waals surface area contributed by atoms with Crippen molar-refractivity contribution >= 4 is 0 Å². The quantitative estimate of drug-likeness (QED) is 0.906. The summed E-state index contributed by atoms with van der Waals surface area (Å²) in [6.07, 6.45) is 0.860. The molecule has 19 heavy (non-hydrogen) atoms. The number of aliphatic hydroxyl groups excluding tert-OH is 1. The van der Waals surface area contributed by atoms with Crippen molar-refractivity contribution in [2.75, 3.05) is 6.54 Å². The fraction of sp³-hybridized carbons (Fsp3) is 0.625. The van der Waals surface area contributed by atoms with Crippen LogP contribution in [0.1, 0.15) is 39.7 Å². The first kappa shape index (κ1) is 14.4. The molecule has 1 N–H and O–H groups in total. The molecule has 1 saturated heterocycles. The second kappa shape index (κ2) is 5.51. The molecule has 0 amide bonds. The molecule has 1 aromatic carbocycles. The molecule has 0 aromatic heterocycles. The van der Waals surface area contributed by atoms with E-state index in [1.165, 1.54) is 5.56 Å². The molecule has 1 heterocycles. The van der Waals surface area contributed by atoms with Gasteiger partial charge in [0.05, 0.1) is 12.2 Å². The van der Waals surface area contributed by atoms with Gasteiger partial charge in [0, 0.05) is 18.6 Å². The minimum atomic E-state index is -0.196. The van der Waals surface area contributed by atoms with Crippen molar-refractivity contribution in [2.45, 2.75) is 58.4 Å². The van der Waals surface area contributed by atoms with E-state index in [9.17, 15) is 5.11 Å². The summed E-state index contributed by atoms with van der Waals surface area (Å²) in [7, 11) is 0. The second-order valence-electron chi connectivity index (χ2n) is 6.36. The highest BCUT2D eigenvalue weighted by Crippen LogP contribution is 2.30. The van der Waals surface area contributed by atoms with E-state index in [1.54, 1.807) is 0 Å². The average molecular weight is 263 g/mol. The lowest BCUT2D eigenvalue weighted by Gasteiger charge is -2.31. The van der Waals surface area contributed by atoms with Gasteiger partial charge >= 0.3 is 0 Å². The highest BCUT2D eigenvalue weighted by Gasteiger charge is 2.37. The van der Waals surface area contributed by atoms with Crippen LogP contribution in [-0.2, 0) is 6.54 Å². The molecule has 0 saturated carbocycles. The number of benzene rings is 1. The van der Waals surface area contributed by atoms with Gasteiger partial charge in [-0.1, -0.05) is 12.1 Å². The first-order chi connectivity index (χ1) is 8.87. The Labute approximate surface area is 116 Å². The first-order valence-electron chi connectivity index (χ1n) is 7.05. The van der Waals surface area contributed by atoms with Crippen LogP contribution in [0.25, 0.3) is 0 Å². The maximum atomic E-state index is 9.79. The Bertz CT molecular complexity index is 411. The predicted octanol–water partition coefficient (Wildman–Crippen LogP) is 2.82. The van der Waals surface area contributed by atoms with Crippen molar-refractivity contribution in [2.24, 2.45) is 0 Å². The number of ether oxygens (including phenoxy) is 1. The fourth-order valence-electron chi connectivity index (χ4n) is 2.72. The normalized spacial score (nSPS) is 22.9. The van der Waals surface area contributed by atoms with E-state index in [4.69, 9.17) is 4.74 Å². The summed E-state index contributed by atoms with van der Waals surface area (Å²) in [4.78, 5) is 2.34. The maximum absolute atomic E-state index is 9.79. The molecular weight excluding hydrogens is 238 g/mol. The van der Waals surface area contributed by atoms with Gasteiger partial charge in [-0.25, -0.2) is 0 Å². The Morgan fingerprint density at radius 2 is 1.95 bits per heavy atom. The van der Waals surface area contributed by atoms with Crippen LogP contribution in [0.5, 0.6) is 5.75 Å². The fourth-order valence-corrected chi connectivity index (χ4v) is 2.72. The zero-order valence-corrected chi connectivity index (χ0v) is 12.4. The number of aliphatic hydroxyl groups is 1. The number of nitrogens with zero attached hydrogens (tertiary/aromatic N) is 1. The predicted molar refractivity (Wildman–Crippen MR) is 77.3 cm³/mol. The van der Waals surface area contributed by atoms with Gasteiger partial charge in [0.1, 0.15) is 5.75 Å². The summed E-state index contributed by atoms with van der Waals surface area (Å²) >= 11 is 0. The Morgan fingerprint density at radius 3 is 2.42 bits per heavy atom. The maximum Gasteiger partial charge on any atom is 0.119 e. The molecule has 2 rings (SSSR count). The third-order valence-corrected chi connectivity index (χ3v) is 3.69. The summed E-state index contributed by atoms with van der Waals surface area (Å²) < 4.78 is 5.64. The molecule has 3 heteroatoms. The number of likely N-dealkylation sites (tertiary alicyclic amines) is 1. The molecule has 3 nitrogen and oxygen atoms in total. The SMILES string of the molecule is CC(C)Oc1ccc(CN2CC(O)CC2(C)C)cc1. The Balaban J connectivity index is 2.00. The molecular formula is C16H25NO2. The van der Waals surface area contributed by atoms with Gasteiger partial charge in [0.25, 0.3) is 0 Å². The van der Waals surface area contributed by atoms with E-state index in [0.29, 0.717) is 0 Å². The van der Waals surface area contributed by atoms with Crippen LogP contribution in [-0.4, -0.2) is 34.3 Å². The Morgan fingerprint density at radius 1 is 1.32 bits per heavy atom. The van der Waals surface area contributed by atoms with Gasteiger partial charge in [-0.3, -0.25) is 4.90 Å². The van der Waals surface area contributed by atoms with Crippen molar-refractivity contribution in [3.8, 4) is 5.75 Å². The lowest BCUT2D eigenvalue weighted by molar-refractivity contribution is 0.156. The number of rotatable bonds is 4. The summed E-state index contributed by atoms with van der Waals surface area (Å²) in [5.74, 6) is 0.916. The van der Waals surface area contributed by atoms with Gasteiger partial charge in [0.15, 0.2) is 0 Å². The number of hydrogen-bond acceptors (Lipinski definition) is 3. The number of hydrogen-bond donors (Lipinski definition) is 1. The summed E-state index contributed by atoms with van der Waals surface area (Å²) in [5, 5.41) is 9.79.